The highest BCUT2D eigenvalue weighted by atomic mass is 16.5. The third kappa shape index (κ3) is 6.45. The monoisotopic (exact) mass is 538 g/mol. The lowest BCUT2D eigenvalue weighted by atomic mass is 9.72. The summed E-state index contributed by atoms with van der Waals surface area (Å²) in [5, 5.41) is 6.43. The molecule has 9 nitrogen and oxygen atoms in total. The number of nitrogens with zero attached hydrogens (tertiary/aromatic N) is 2. The number of carbonyl (C=O) groups is 2. The average molecular weight is 539 g/mol. The summed E-state index contributed by atoms with van der Waals surface area (Å²) in [4.78, 5) is 50.3. The lowest BCUT2D eigenvalue weighted by Gasteiger charge is -2.40. The molecule has 1 amide bonds. The van der Waals surface area contributed by atoms with Crippen LogP contribution in [0, 0.1) is 11.8 Å². The molecular formula is C30H42N4O5. The summed E-state index contributed by atoms with van der Waals surface area (Å²) >= 11 is 0. The van der Waals surface area contributed by atoms with Gasteiger partial charge in [0.25, 0.3) is 5.56 Å². The number of methoxy groups -OCH3 is 1. The molecule has 4 aliphatic rings. The number of hydrogen-bond donors (Lipinski definition) is 2. The van der Waals surface area contributed by atoms with Crippen molar-refractivity contribution >= 4 is 22.8 Å². The molecule has 2 unspecified atom stereocenters. The highest BCUT2D eigenvalue weighted by Gasteiger charge is 2.34. The summed E-state index contributed by atoms with van der Waals surface area (Å²) < 4.78 is 7.18. The number of ether oxygens (including phenoxy) is 1. The number of aromatic nitrogens is 2. The van der Waals surface area contributed by atoms with Crippen molar-refractivity contribution in [2.45, 2.75) is 102 Å². The summed E-state index contributed by atoms with van der Waals surface area (Å²) in [6.07, 6.45) is 15.5. The maximum absolute atomic E-state index is 13.4. The van der Waals surface area contributed by atoms with Gasteiger partial charge in [-0.1, -0.05) is 57.1 Å². The molecule has 1 aromatic heterocycles. The molecule has 4 bridgehead atoms. The van der Waals surface area contributed by atoms with Crippen molar-refractivity contribution in [3.63, 3.8) is 0 Å². The Hall–Kier alpha value is -2.94. The molecule has 2 aliphatic carbocycles. The molecule has 2 saturated heterocycles. The lowest BCUT2D eigenvalue weighted by Crippen LogP contribution is -2.53. The normalized spacial score (nSPS) is 27.7. The van der Waals surface area contributed by atoms with Crippen molar-refractivity contribution in [1.29, 1.82) is 0 Å². The number of para-hydroxylation sites is 1. The van der Waals surface area contributed by atoms with E-state index in [1.807, 2.05) is 0 Å². The van der Waals surface area contributed by atoms with Crippen molar-refractivity contribution in [3.8, 4) is 0 Å². The second-order valence-corrected chi connectivity index (χ2v) is 11.9. The molecule has 2 aliphatic heterocycles. The van der Waals surface area contributed by atoms with E-state index in [1.54, 1.807) is 56.4 Å². The largest absolute Gasteiger partial charge is 0.468 e. The molecule has 1 aromatic carbocycles. The zero-order valence-corrected chi connectivity index (χ0v) is 23.0. The van der Waals surface area contributed by atoms with Crippen LogP contribution in [0.4, 0.5) is 0 Å². The van der Waals surface area contributed by atoms with Gasteiger partial charge in [0.1, 0.15) is 13.1 Å². The van der Waals surface area contributed by atoms with Crippen LogP contribution in [0.2, 0.25) is 0 Å². The lowest BCUT2D eigenvalue weighted by molar-refractivity contribution is -0.141. The Morgan fingerprint density at radius 1 is 0.923 bits per heavy atom. The van der Waals surface area contributed by atoms with Gasteiger partial charge in [0.05, 0.1) is 18.0 Å². The molecule has 9 heteroatoms. The van der Waals surface area contributed by atoms with Crippen molar-refractivity contribution in [1.82, 2.24) is 19.8 Å². The number of esters is 1. The van der Waals surface area contributed by atoms with Gasteiger partial charge in [-0.15, -0.1) is 0 Å². The van der Waals surface area contributed by atoms with E-state index in [0.29, 0.717) is 23.0 Å². The minimum Gasteiger partial charge on any atom is -0.468 e. The molecule has 212 valence electrons. The number of benzene rings is 1. The molecule has 0 radical (unpaired) electrons. The van der Waals surface area contributed by atoms with Crippen LogP contribution in [-0.4, -0.2) is 46.7 Å². The second kappa shape index (κ2) is 12.5. The predicted octanol–water partition coefficient (Wildman–Crippen LogP) is 3.27. The molecule has 2 atom stereocenters. The standard InChI is InChI=1S/C21H26N4O5.C9H16/c1-30-19(27)11-22-18(26)12-24-17-8-3-2-7-16(17)20(28)25(21(24)29)15-9-13-5-4-6-14(10-15)23-13;1-3-8-5-2-6-9(4-1)7-8/h2-3,7-8,13-15,23H,4-6,9-12H2,1H3,(H,22,26);8-9H,1-7H2. The molecule has 4 fully saturated rings. The molecular weight excluding hydrogens is 496 g/mol. The van der Waals surface area contributed by atoms with Crippen LogP contribution in [0.25, 0.3) is 10.9 Å². The Kier molecular flexibility index (Phi) is 8.85. The van der Waals surface area contributed by atoms with Crippen LogP contribution in [0.3, 0.4) is 0 Å². The van der Waals surface area contributed by atoms with Gasteiger partial charge in [-0.3, -0.25) is 23.5 Å². The number of rotatable bonds is 5. The fourth-order valence-corrected chi connectivity index (χ4v) is 7.33. The topological polar surface area (TPSA) is 111 Å². The van der Waals surface area contributed by atoms with Crippen molar-refractivity contribution in [2.75, 3.05) is 13.7 Å². The van der Waals surface area contributed by atoms with Gasteiger partial charge in [-0.2, -0.15) is 0 Å². The van der Waals surface area contributed by atoms with Crippen LogP contribution in [0.15, 0.2) is 33.9 Å². The van der Waals surface area contributed by atoms with Gasteiger partial charge in [0.2, 0.25) is 5.91 Å². The van der Waals surface area contributed by atoms with Crippen molar-refractivity contribution < 1.29 is 14.3 Å². The zero-order valence-electron chi connectivity index (χ0n) is 23.0. The van der Waals surface area contributed by atoms with Gasteiger partial charge in [0, 0.05) is 18.1 Å². The Bertz CT molecular complexity index is 1270. The van der Waals surface area contributed by atoms with E-state index in [1.165, 1.54) is 29.1 Å². The second-order valence-electron chi connectivity index (χ2n) is 11.9. The van der Waals surface area contributed by atoms with E-state index < -0.39 is 17.6 Å². The van der Waals surface area contributed by atoms with Crippen molar-refractivity contribution in [3.05, 3.63) is 45.1 Å². The number of hydrogen-bond acceptors (Lipinski definition) is 6. The van der Waals surface area contributed by atoms with Crippen LogP contribution in [-0.2, 0) is 20.9 Å². The van der Waals surface area contributed by atoms with Gasteiger partial charge in [-0.05, 0) is 56.1 Å². The van der Waals surface area contributed by atoms with Crippen LogP contribution < -0.4 is 21.9 Å². The Morgan fingerprint density at radius 2 is 1.54 bits per heavy atom. The maximum Gasteiger partial charge on any atom is 0.332 e. The third-order valence-electron chi connectivity index (χ3n) is 9.21. The maximum atomic E-state index is 13.4. The first-order valence-electron chi connectivity index (χ1n) is 14.8. The first kappa shape index (κ1) is 27.6. The van der Waals surface area contributed by atoms with Crippen LogP contribution >= 0.6 is 0 Å². The van der Waals surface area contributed by atoms with Gasteiger partial charge >= 0.3 is 11.7 Å². The predicted molar refractivity (Wildman–Crippen MR) is 150 cm³/mol. The van der Waals surface area contributed by atoms with Gasteiger partial charge in [-0.25, -0.2) is 4.79 Å². The number of nitrogens with one attached hydrogen (secondary N) is 2. The number of piperidine rings is 2. The Balaban J connectivity index is 0.000000287. The fraction of sp³-hybridized carbons (Fsp3) is 0.667. The van der Waals surface area contributed by atoms with E-state index in [9.17, 15) is 19.2 Å². The summed E-state index contributed by atoms with van der Waals surface area (Å²) in [6.45, 7) is -0.562. The Morgan fingerprint density at radius 3 is 2.15 bits per heavy atom. The van der Waals surface area contributed by atoms with E-state index in [4.69, 9.17) is 0 Å². The smallest absolute Gasteiger partial charge is 0.332 e. The molecule has 39 heavy (non-hydrogen) atoms. The summed E-state index contributed by atoms with van der Waals surface area (Å²) in [7, 11) is 1.23. The quantitative estimate of drug-likeness (QED) is 0.566. The van der Waals surface area contributed by atoms with E-state index in [2.05, 4.69) is 15.4 Å². The minimum absolute atomic E-state index is 0.199. The SMILES string of the molecule is C1CC2CCCC(C1)C2.COC(=O)CNC(=O)Cn1c(=O)n(C2CC3CCCC(C2)N3)c(=O)c2ccccc21. The van der Waals surface area contributed by atoms with Crippen molar-refractivity contribution in [2.24, 2.45) is 11.8 Å². The molecule has 3 heterocycles. The first-order valence-corrected chi connectivity index (χ1v) is 14.8. The highest BCUT2D eigenvalue weighted by Crippen LogP contribution is 2.39. The third-order valence-corrected chi connectivity index (χ3v) is 9.21. The van der Waals surface area contributed by atoms with Crippen LogP contribution in [0.1, 0.15) is 83.1 Å². The molecule has 6 rings (SSSR count). The fourth-order valence-electron chi connectivity index (χ4n) is 7.33. The molecule has 2 saturated carbocycles. The number of amides is 1. The summed E-state index contributed by atoms with van der Waals surface area (Å²) in [5.41, 5.74) is -0.394. The average Bonchev–Trinajstić information content (AvgIpc) is 2.94. The highest BCUT2D eigenvalue weighted by molar-refractivity contribution is 5.84. The van der Waals surface area contributed by atoms with Gasteiger partial charge < -0.3 is 15.4 Å². The number of fused-ring (bicyclic) bond motifs is 5. The summed E-state index contributed by atoms with van der Waals surface area (Å²) in [6, 6.07) is 7.22. The molecule has 2 aromatic rings. The molecule has 0 spiro atoms. The molecule has 2 N–H and O–H groups in total. The van der Waals surface area contributed by atoms with E-state index in [0.717, 1.165) is 43.9 Å². The minimum atomic E-state index is -0.577. The summed E-state index contributed by atoms with van der Waals surface area (Å²) in [5.74, 6) is 1.22. The van der Waals surface area contributed by atoms with E-state index >= 15 is 0 Å². The number of carbonyl (C=O) groups excluding carboxylic acids is 2. The van der Waals surface area contributed by atoms with Crippen LogP contribution in [0.5, 0.6) is 0 Å². The van der Waals surface area contributed by atoms with E-state index in [-0.39, 0.29) is 24.7 Å². The first-order chi connectivity index (χ1) is 18.9. The Labute approximate surface area is 229 Å². The zero-order chi connectivity index (χ0) is 27.4. The van der Waals surface area contributed by atoms with Gasteiger partial charge in [0.15, 0.2) is 0 Å².